The van der Waals surface area contributed by atoms with Crippen molar-refractivity contribution in [3.8, 4) is 0 Å². The highest BCUT2D eigenvalue weighted by Crippen LogP contribution is 2.19. The van der Waals surface area contributed by atoms with Crippen molar-refractivity contribution in [3.05, 3.63) is 24.0 Å². The zero-order valence-electron chi connectivity index (χ0n) is 9.60. The van der Waals surface area contributed by atoms with Gasteiger partial charge in [0.05, 0.1) is 12.3 Å². The van der Waals surface area contributed by atoms with E-state index in [1.807, 2.05) is 0 Å². The van der Waals surface area contributed by atoms with E-state index in [-0.39, 0.29) is 17.2 Å². The topological polar surface area (TPSA) is 81.4 Å². The van der Waals surface area contributed by atoms with Gasteiger partial charge in [-0.15, -0.1) is 0 Å². The molecule has 0 aliphatic heterocycles. The van der Waals surface area contributed by atoms with Gasteiger partial charge in [0, 0.05) is 13.2 Å². The molecule has 0 amide bonds. The van der Waals surface area contributed by atoms with E-state index in [1.54, 1.807) is 6.92 Å². The Kier molecular flexibility index (Phi) is 4.44. The van der Waals surface area contributed by atoms with Crippen molar-refractivity contribution in [3.63, 3.8) is 0 Å². The van der Waals surface area contributed by atoms with Crippen LogP contribution in [0.1, 0.15) is 6.92 Å². The van der Waals surface area contributed by atoms with Gasteiger partial charge in [-0.25, -0.2) is 17.5 Å². The second-order valence-corrected chi connectivity index (χ2v) is 5.34. The third-order valence-electron chi connectivity index (χ3n) is 2.04. The summed E-state index contributed by atoms with van der Waals surface area (Å²) in [6.45, 7) is 1.85. The van der Waals surface area contributed by atoms with E-state index in [0.29, 0.717) is 0 Å². The molecule has 1 atom stereocenters. The first-order chi connectivity index (χ1) is 7.86. The van der Waals surface area contributed by atoms with Gasteiger partial charge in [-0.2, -0.15) is 0 Å². The average Bonchev–Trinajstić information content (AvgIpc) is 2.21. The van der Waals surface area contributed by atoms with E-state index in [0.717, 1.165) is 12.1 Å². The van der Waals surface area contributed by atoms with Crippen molar-refractivity contribution < 1.29 is 17.5 Å². The smallest absolute Gasteiger partial charge is 0.243 e. The van der Waals surface area contributed by atoms with Gasteiger partial charge in [0.25, 0.3) is 0 Å². The number of nitrogens with two attached hydrogens (primary N) is 1. The van der Waals surface area contributed by atoms with Crippen molar-refractivity contribution in [2.24, 2.45) is 0 Å². The van der Waals surface area contributed by atoms with Crippen LogP contribution < -0.4 is 10.5 Å². The van der Waals surface area contributed by atoms with Crippen LogP contribution in [0.4, 0.5) is 10.1 Å². The van der Waals surface area contributed by atoms with E-state index in [9.17, 15) is 12.8 Å². The fraction of sp³-hybridized carbons (Fsp3) is 0.400. The minimum absolute atomic E-state index is 0.00326. The minimum Gasteiger partial charge on any atom is -0.398 e. The van der Waals surface area contributed by atoms with Crippen LogP contribution >= 0.6 is 0 Å². The Hall–Kier alpha value is -1.18. The van der Waals surface area contributed by atoms with Crippen LogP contribution in [0.3, 0.4) is 0 Å². The van der Waals surface area contributed by atoms with Crippen LogP contribution in [-0.2, 0) is 14.8 Å². The van der Waals surface area contributed by atoms with Crippen LogP contribution in [0.5, 0.6) is 0 Å². The zero-order valence-corrected chi connectivity index (χ0v) is 10.4. The summed E-state index contributed by atoms with van der Waals surface area (Å²) in [5.74, 6) is -0.654. The van der Waals surface area contributed by atoms with E-state index in [2.05, 4.69) is 4.72 Å². The predicted molar refractivity (Wildman–Crippen MR) is 62.5 cm³/mol. The molecular formula is C10H15FN2O3S. The molecule has 0 aromatic heterocycles. The second kappa shape index (κ2) is 5.44. The van der Waals surface area contributed by atoms with Gasteiger partial charge in [0.15, 0.2) is 0 Å². The number of anilines is 1. The molecule has 96 valence electrons. The molecule has 5 nitrogen and oxygen atoms in total. The molecule has 1 aromatic rings. The quantitative estimate of drug-likeness (QED) is 0.766. The first kappa shape index (κ1) is 13.9. The SMILES string of the molecule is COCC(C)NS(=O)(=O)c1cc(F)ccc1N. The molecule has 17 heavy (non-hydrogen) atoms. The van der Waals surface area contributed by atoms with Gasteiger partial charge in [0.2, 0.25) is 10.0 Å². The number of halogens is 1. The van der Waals surface area contributed by atoms with Crippen LogP contribution in [0.15, 0.2) is 23.1 Å². The molecule has 0 aliphatic carbocycles. The molecule has 0 heterocycles. The number of nitrogen functional groups attached to an aromatic ring is 1. The summed E-state index contributed by atoms with van der Waals surface area (Å²) in [6, 6.07) is 2.78. The van der Waals surface area contributed by atoms with Gasteiger partial charge < -0.3 is 10.5 Å². The highest BCUT2D eigenvalue weighted by Gasteiger charge is 2.20. The maximum Gasteiger partial charge on any atom is 0.243 e. The Labute approximate surface area is 99.8 Å². The molecule has 1 rings (SSSR count). The Morgan fingerprint density at radius 1 is 1.53 bits per heavy atom. The number of nitrogens with one attached hydrogen (secondary N) is 1. The predicted octanol–water partition coefficient (Wildman–Crippen LogP) is 0.721. The summed E-state index contributed by atoms with van der Waals surface area (Å²) in [6.07, 6.45) is 0. The monoisotopic (exact) mass is 262 g/mol. The number of sulfonamides is 1. The van der Waals surface area contributed by atoms with E-state index < -0.39 is 21.9 Å². The van der Waals surface area contributed by atoms with Gasteiger partial charge in [-0.05, 0) is 25.1 Å². The van der Waals surface area contributed by atoms with Gasteiger partial charge in [0.1, 0.15) is 10.7 Å². The average molecular weight is 262 g/mol. The Morgan fingerprint density at radius 3 is 2.76 bits per heavy atom. The Balaban J connectivity index is 3.01. The molecule has 0 aliphatic rings. The summed E-state index contributed by atoms with van der Waals surface area (Å²) in [4.78, 5) is -0.263. The number of hydrogen-bond donors (Lipinski definition) is 2. The summed E-state index contributed by atoms with van der Waals surface area (Å²) < 4.78 is 43.9. The first-order valence-electron chi connectivity index (χ1n) is 4.93. The summed E-state index contributed by atoms with van der Waals surface area (Å²) in [5, 5.41) is 0. The lowest BCUT2D eigenvalue weighted by atomic mass is 10.3. The molecule has 1 aromatic carbocycles. The maximum atomic E-state index is 13.0. The van der Waals surface area contributed by atoms with Gasteiger partial charge in [-0.1, -0.05) is 0 Å². The number of rotatable bonds is 5. The van der Waals surface area contributed by atoms with Crippen molar-refractivity contribution in [1.29, 1.82) is 0 Å². The molecule has 1 unspecified atom stereocenters. The zero-order chi connectivity index (χ0) is 13.1. The van der Waals surface area contributed by atoms with Crippen molar-refractivity contribution in [2.75, 3.05) is 19.5 Å². The number of ether oxygens (including phenoxy) is 1. The second-order valence-electron chi connectivity index (χ2n) is 3.66. The lowest BCUT2D eigenvalue weighted by molar-refractivity contribution is 0.180. The molecule has 0 fully saturated rings. The lowest BCUT2D eigenvalue weighted by Gasteiger charge is -2.14. The molecule has 0 radical (unpaired) electrons. The molecular weight excluding hydrogens is 247 g/mol. The third kappa shape index (κ3) is 3.65. The van der Waals surface area contributed by atoms with Crippen molar-refractivity contribution >= 4 is 15.7 Å². The summed E-state index contributed by atoms with van der Waals surface area (Å²) >= 11 is 0. The minimum atomic E-state index is -3.83. The van der Waals surface area contributed by atoms with Gasteiger partial charge >= 0.3 is 0 Å². The molecule has 0 spiro atoms. The fourth-order valence-corrected chi connectivity index (χ4v) is 2.72. The Morgan fingerprint density at radius 2 is 2.18 bits per heavy atom. The van der Waals surface area contributed by atoms with Crippen LogP contribution in [0, 0.1) is 5.82 Å². The van der Waals surface area contributed by atoms with Gasteiger partial charge in [-0.3, -0.25) is 0 Å². The van der Waals surface area contributed by atoms with Crippen LogP contribution in [0.25, 0.3) is 0 Å². The number of benzene rings is 1. The Bertz CT molecular complexity index is 490. The summed E-state index contributed by atoms with van der Waals surface area (Å²) in [5.41, 5.74) is 5.51. The number of hydrogen-bond acceptors (Lipinski definition) is 4. The molecule has 0 saturated carbocycles. The highest BCUT2D eigenvalue weighted by molar-refractivity contribution is 7.89. The first-order valence-corrected chi connectivity index (χ1v) is 6.41. The molecule has 7 heteroatoms. The third-order valence-corrected chi connectivity index (χ3v) is 3.68. The largest absolute Gasteiger partial charge is 0.398 e. The molecule has 0 saturated heterocycles. The van der Waals surface area contributed by atoms with E-state index >= 15 is 0 Å². The van der Waals surface area contributed by atoms with E-state index in [4.69, 9.17) is 10.5 Å². The molecule has 3 N–H and O–H groups in total. The number of methoxy groups -OCH3 is 1. The van der Waals surface area contributed by atoms with Crippen LogP contribution in [-0.4, -0.2) is 28.2 Å². The standard InChI is InChI=1S/C10H15FN2O3S/c1-7(6-16-2)13-17(14,15)10-5-8(11)3-4-9(10)12/h3-5,7,13H,6,12H2,1-2H3. The van der Waals surface area contributed by atoms with E-state index in [1.165, 1.54) is 13.2 Å². The summed E-state index contributed by atoms with van der Waals surface area (Å²) in [7, 11) is -2.37. The van der Waals surface area contributed by atoms with Crippen molar-refractivity contribution in [1.82, 2.24) is 4.72 Å². The fourth-order valence-electron chi connectivity index (χ4n) is 1.35. The lowest BCUT2D eigenvalue weighted by Crippen LogP contribution is -2.35. The maximum absolute atomic E-state index is 13.0. The highest BCUT2D eigenvalue weighted by atomic mass is 32.2. The van der Waals surface area contributed by atoms with Crippen LogP contribution in [0.2, 0.25) is 0 Å². The molecule has 0 bridgehead atoms. The van der Waals surface area contributed by atoms with Crippen molar-refractivity contribution in [2.45, 2.75) is 17.9 Å². The normalized spacial score (nSPS) is 13.6.